The van der Waals surface area contributed by atoms with Gasteiger partial charge in [0.1, 0.15) is 43.2 Å². The van der Waals surface area contributed by atoms with Crippen molar-refractivity contribution in [3.05, 3.63) is 116 Å². The summed E-state index contributed by atoms with van der Waals surface area (Å²) in [5.74, 6) is 2.37. The van der Waals surface area contributed by atoms with Crippen LogP contribution >= 0.6 is 0 Å². The van der Waals surface area contributed by atoms with Crippen LogP contribution in [0.1, 0.15) is 0 Å². The lowest BCUT2D eigenvalue weighted by molar-refractivity contribution is -0.0703. The lowest BCUT2D eigenvalue weighted by Crippen LogP contribution is -2.29. The highest BCUT2D eigenvalue weighted by molar-refractivity contribution is 5.84. The molecule has 1 unspecified atom stereocenters. The molecule has 0 aliphatic heterocycles. The predicted octanol–water partition coefficient (Wildman–Crippen LogP) is 6.89. The van der Waals surface area contributed by atoms with Gasteiger partial charge < -0.3 is 28.4 Å². The number of rotatable bonds is 17. The molecule has 0 saturated carbocycles. The molecule has 0 N–H and O–H groups in total. The van der Waals surface area contributed by atoms with E-state index in [1.54, 1.807) is 12.4 Å². The van der Waals surface area contributed by atoms with E-state index in [1.165, 1.54) is 5.39 Å². The smallest absolute Gasteiger partial charge is 0.120 e. The monoisotopic (exact) mass is 604 g/mol. The van der Waals surface area contributed by atoms with Gasteiger partial charge in [-0.2, -0.15) is 0 Å². The van der Waals surface area contributed by atoms with E-state index in [9.17, 15) is 0 Å². The maximum Gasteiger partial charge on any atom is 0.120 e. The molecule has 4 aromatic carbocycles. The number of hydrogen-bond donors (Lipinski definition) is 0. The van der Waals surface area contributed by atoms with E-state index in [4.69, 9.17) is 28.4 Å². The number of aromatic nitrogens is 2. The number of pyridine rings is 2. The molecule has 0 bridgehead atoms. The minimum Gasteiger partial charge on any atom is -0.491 e. The van der Waals surface area contributed by atoms with E-state index < -0.39 is 0 Å². The second-order valence-electron chi connectivity index (χ2n) is 10.4. The maximum absolute atomic E-state index is 6.10. The zero-order valence-corrected chi connectivity index (χ0v) is 25.0. The van der Waals surface area contributed by atoms with Crippen LogP contribution in [-0.2, 0) is 14.2 Å². The molecule has 2 heterocycles. The number of ether oxygens (including phenoxy) is 6. The maximum atomic E-state index is 6.10. The summed E-state index contributed by atoms with van der Waals surface area (Å²) < 4.78 is 35.7. The summed E-state index contributed by atoms with van der Waals surface area (Å²) in [6, 6.07) is 33.8. The van der Waals surface area contributed by atoms with Gasteiger partial charge >= 0.3 is 0 Å². The first-order valence-electron chi connectivity index (χ1n) is 15.1. The van der Waals surface area contributed by atoms with Crippen molar-refractivity contribution in [1.29, 1.82) is 0 Å². The van der Waals surface area contributed by atoms with Crippen molar-refractivity contribution in [1.82, 2.24) is 9.97 Å². The Bertz CT molecular complexity index is 1720. The Morgan fingerprint density at radius 1 is 0.444 bits per heavy atom. The Hall–Kier alpha value is -4.76. The molecule has 230 valence electrons. The van der Waals surface area contributed by atoms with Crippen molar-refractivity contribution in [3.8, 4) is 17.2 Å². The SMILES string of the molecule is c1ccc2cc(OCCOCC(COCCOc3ccc4ncccc4c3)OCCOc3ccc4ncccc4c3)ccc2c1. The standard InChI is InChI=1S/C37H36N2O6/c1-2-6-29-23-32(10-9-28(29)5-1)42-19-17-40-26-35(45-22-21-44-34-12-14-37-31(25-34)8-4-16-39-37)27-41-18-20-43-33-11-13-36-30(24-33)7-3-15-38-36/h1-16,23-25,35H,17-22,26-27H2. The molecule has 0 radical (unpaired) electrons. The van der Waals surface area contributed by atoms with E-state index in [0.717, 1.165) is 44.4 Å². The van der Waals surface area contributed by atoms with Crippen LogP contribution in [0.4, 0.5) is 0 Å². The number of nitrogens with zero attached hydrogens (tertiary/aromatic N) is 2. The van der Waals surface area contributed by atoms with Gasteiger partial charge in [0.05, 0.1) is 44.1 Å². The largest absolute Gasteiger partial charge is 0.491 e. The third-order valence-electron chi connectivity index (χ3n) is 7.18. The van der Waals surface area contributed by atoms with E-state index in [-0.39, 0.29) is 6.10 Å². The zero-order chi connectivity index (χ0) is 30.5. The topological polar surface area (TPSA) is 81.2 Å². The fourth-order valence-corrected chi connectivity index (χ4v) is 4.93. The van der Waals surface area contributed by atoms with Gasteiger partial charge in [0.25, 0.3) is 0 Å². The average molecular weight is 605 g/mol. The van der Waals surface area contributed by atoms with Crippen LogP contribution in [0.2, 0.25) is 0 Å². The highest BCUT2D eigenvalue weighted by Crippen LogP contribution is 2.21. The van der Waals surface area contributed by atoms with Crippen LogP contribution in [0.15, 0.2) is 116 Å². The van der Waals surface area contributed by atoms with Crippen molar-refractivity contribution in [3.63, 3.8) is 0 Å². The van der Waals surface area contributed by atoms with Crippen LogP contribution in [0, 0.1) is 0 Å². The molecule has 8 heteroatoms. The number of fused-ring (bicyclic) bond motifs is 3. The summed E-state index contributed by atoms with van der Waals surface area (Å²) in [5.41, 5.74) is 1.87. The number of benzene rings is 4. The fourth-order valence-electron chi connectivity index (χ4n) is 4.93. The van der Waals surface area contributed by atoms with Gasteiger partial charge in [-0.1, -0.05) is 42.5 Å². The van der Waals surface area contributed by atoms with Crippen molar-refractivity contribution >= 4 is 32.6 Å². The van der Waals surface area contributed by atoms with Gasteiger partial charge in [-0.05, 0) is 71.4 Å². The first-order valence-corrected chi connectivity index (χ1v) is 15.1. The van der Waals surface area contributed by atoms with Gasteiger partial charge in [0.15, 0.2) is 0 Å². The summed E-state index contributed by atoms with van der Waals surface area (Å²) in [7, 11) is 0. The fraction of sp³-hybridized carbons (Fsp3) is 0.243. The van der Waals surface area contributed by atoms with Gasteiger partial charge in [0.2, 0.25) is 0 Å². The molecule has 6 aromatic rings. The molecule has 0 amide bonds. The summed E-state index contributed by atoms with van der Waals surface area (Å²) in [4.78, 5) is 8.70. The number of hydrogen-bond acceptors (Lipinski definition) is 8. The Labute approximate surface area is 262 Å². The van der Waals surface area contributed by atoms with Crippen LogP contribution in [0.5, 0.6) is 17.2 Å². The molecule has 0 fully saturated rings. The molecule has 0 saturated heterocycles. The molecule has 1 atom stereocenters. The minimum absolute atomic E-state index is 0.276. The van der Waals surface area contributed by atoms with Gasteiger partial charge in [-0.25, -0.2) is 0 Å². The molecular weight excluding hydrogens is 568 g/mol. The van der Waals surface area contributed by atoms with Crippen LogP contribution in [0.25, 0.3) is 32.6 Å². The molecule has 2 aromatic heterocycles. The van der Waals surface area contributed by atoms with E-state index in [2.05, 4.69) is 28.2 Å². The van der Waals surface area contributed by atoms with Crippen molar-refractivity contribution in [2.45, 2.75) is 6.10 Å². The van der Waals surface area contributed by atoms with Gasteiger partial charge in [-0.15, -0.1) is 0 Å². The average Bonchev–Trinajstić information content (AvgIpc) is 3.09. The Kier molecular flexibility index (Phi) is 10.6. The molecule has 6 rings (SSSR count). The highest BCUT2D eigenvalue weighted by atomic mass is 16.6. The second-order valence-corrected chi connectivity index (χ2v) is 10.4. The first kappa shape index (κ1) is 30.3. The van der Waals surface area contributed by atoms with Crippen LogP contribution in [-0.4, -0.2) is 68.9 Å². The van der Waals surface area contributed by atoms with Gasteiger partial charge in [0, 0.05) is 23.2 Å². The predicted molar refractivity (Wildman–Crippen MR) is 175 cm³/mol. The molecule has 0 spiro atoms. The highest BCUT2D eigenvalue weighted by Gasteiger charge is 2.11. The molecule has 0 aliphatic carbocycles. The van der Waals surface area contributed by atoms with E-state index >= 15 is 0 Å². The van der Waals surface area contributed by atoms with Crippen molar-refractivity contribution < 1.29 is 28.4 Å². The summed E-state index contributed by atoms with van der Waals surface area (Å²) in [6.45, 7) is 3.19. The van der Waals surface area contributed by atoms with E-state index in [1.807, 2.05) is 84.9 Å². The van der Waals surface area contributed by atoms with Gasteiger partial charge in [-0.3, -0.25) is 9.97 Å². The summed E-state index contributed by atoms with van der Waals surface area (Å²) >= 11 is 0. The Morgan fingerprint density at radius 3 is 1.53 bits per heavy atom. The lowest BCUT2D eigenvalue weighted by atomic mass is 10.1. The quantitative estimate of drug-likeness (QED) is 0.104. The molecule has 8 nitrogen and oxygen atoms in total. The van der Waals surface area contributed by atoms with Crippen molar-refractivity contribution in [2.75, 3.05) is 52.9 Å². The van der Waals surface area contributed by atoms with E-state index in [0.29, 0.717) is 52.9 Å². The summed E-state index contributed by atoms with van der Waals surface area (Å²) in [5, 5.41) is 4.39. The van der Waals surface area contributed by atoms with Crippen molar-refractivity contribution in [2.24, 2.45) is 0 Å². The minimum atomic E-state index is -0.276. The zero-order valence-electron chi connectivity index (χ0n) is 25.0. The van der Waals surface area contributed by atoms with Crippen LogP contribution in [0.3, 0.4) is 0 Å². The molecule has 45 heavy (non-hydrogen) atoms. The first-order chi connectivity index (χ1) is 22.3. The normalized spacial score (nSPS) is 12.0. The second kappa shape index (κ2) is 15.8. The summed E-state index contributed by atoms with van der Waals surface area (Å²) in [6.07, 6.45) is 3.29. The Morgan fingerprint density at radius 2 is 0.933 bits per heavy atom. The molecule has 0 aliphatic rings. The third kappa shape index (κ3) is 8.89. The van der Waals surface area contributed by atoms with Crippen LogP contribution < -0.4 is 14.2 Å². The Balaban J connectivity index is 0.943. The molecular formula is C37H36N2O6. The lowest BCUT2D eigenvalue weighted by Gasteiger charge is -2.19. The third-order valence-corrected chi connectivity index (χ3v) is 7.18.